The van der Waals surface area contributed by atoms with Crippen molar-refractivity contribution in [1.29, 1.82) is 0 Å². The van der Waals surface area contributed by atoms with Crippen LogP contribution in [0.1, 0.15) is 51.0 Å². The summed E-state index contributed by atoms with van der Waals surface area (Å²) in [6, 6.07) is 2.73. The molecule has 1 aromatic rings. The van der Waals surface area contributed by atoms with E-state index in [1.807, 2.05) is 0 Å². The fourth-order valence-electron chi connectivity index (χ4n) is 2.31. The van der Waals surface area contributed by atoms with Gasteiger partial charge in [-0.1, -0.05) is 19.0 Å². The second-order valence-corrected chi connectivity index (χ2v) is 4.98. The molecular weight excluding hydrogens is 200 g/mol. The van der Waals surface area contributed by atoms with Gasteiger partial charge in [0.15, 0.2) is 5.76 Å². The molecule has 1 aromatic heterocycles. The molecule has 3 nitrogen and oxygen atoms in total. The van der Waals surface area contributed by atoms with E-state index in [-0.39, 0.29) is 0 Å². The van der Waals surface area contributed by atoms with Crippen molar-refractivity contribution in [2.75, 3.05) is 0 Å². The first kappa shape index (κ1) is 11.6. The van der Waals surface area contributed by atoms with Gasteiger partial charge < -0.3 is 9.84 Å². The fourth-order valence-corrected chi connectivity index (χ4v) is 2.31. The van der Waals surface area contributed by atoms with E-state index in [0.29, 0.717) is 6.04 Å². The molecule has 1 N–H and O–H groups in total. The molecule has 0 radical (unpaired) electrons. The van der Waals surface area contributed by atoms with Gasteiger partial charge in [-0.25, -0.2) is 0 Å². The highest BCUT2D eigenvalue weighted by molar-refractivity contribution is 5.04. The predicted molar refractivity (Wildman–Crippen MR) is 64.1 cm³/mol. The molecule has 0 aromatic carbocycles. The van der Waals surface area contributed by atoms with Gasteiger partial charge in [-0.05, 0) is 38.0 Å². The zero-order chi connectivity index (χ0) is 11.4. The third-order valence-corrected chi connectivity index (χ3v) is 3.55. The minimum atomic E-state index is 0.673. The average molecular weight is 222 g/mol. The zero-order valence-electron chi connectivity index (χ0n) is 10.3. The Balaban J connectivity index is 1.74. The van der Waals surface area contributed by atoms with Crippen LogP contribution < -0.4 is 5.32 Å². The molecule has 0 bridgehead atoms. The van der Waals surface area contributed by atoms with Gasteiger partial charge in [0.2, 0.25) is 0 Å². The van der Waals surface area contributed by atoms with E-state index < -0.39 is 0 Å². The summed E-state index contributed by atoms with van der Waals surface area (Å²) < 4.78 is 5.26. The molecule has 2 rings (SSSR count). The van der Waals surface area contributed by atoms with Crippen molar-refractivity contribution in [3.63, 3.8) is 0 Å². The Labute approximate surface area is 97.6 Å². The van der Waals surface area contributed by atoms with Crippen LogP contribution >= 0.6 is 0 Å². The molecule has 0 saturated heterocycles. The molecule has 1 aliphatic carbocycles. The van der Waals surface area contributed by atoms with E-state index in [0.717, 1.165) is 30.3 Å². The highest BCUT2D eigenvalue weighted by Gasteiger charge is 2.17. The Kier molecular flexibility index (Phi) is 3.99. The third kappa shape index (κ3) is 3.08. The van der Waals surface area contributed by atoms with Gasteiger partial charge in [0.1, 0.15) is 0 Å². The Morgan fingerprint density at radius 3 is 2.75 bits per heavy atom. The molecule has 0 spiro atoms. The van der Waals surface area contributed by atoms with Crippen molar-refractivity contribution in [2.45, 2.75) is 58.5 Å². The molecule has 0 aliphatic heterocycles. The van der Waals surface area contributed by atoms with Gasteiger partial charge in [0, 0.05) is 12.1 Å². The Hall–Kier alpha value is -0.830. The normalized spacial score (nSPS) is 25.9. The molecule has 1 fully saturated rings. The standard InChI is InChI=1S/C13H22N2O/c1-3-11-8-13(16-15-11)9-14-12-6-4-10(2)5-7-12/h8,10,12,14H,3-7,9H2,1-2H3. The smallest absolute Gasteiger partial charge is 0.150 e. The van der Waals surface area contributed by atoms with E-state index in [1.165, 1.54) is 25.7 Å². The van der Waals surface area contributed by atoms with E-state index in [2.05, 4.69) is 30.4 Å². The van der Waals surface area contributed by atoms with E-state index in [9.17, 15) is 0 Å². The van der Waals surface area contributed by atoms with Crippen LogP contribution in [-0.2, 0) is 13.0 Å². The number of hydrogen-bond donors (Lipinski definition) is 1. The number of aromatic nitrogens is 1. The summed E-state index contributed by atoms with van der Waals surface area (Å²) in [7, 11) is 0. The van der Waals surface area contributed by atoms with Crippen molar-refractivity contribution < 1.29 is 4.52 Å². The largest absolute Gasteiger partial charge is 0.360 e. The number of nitrogens with one attached hydrogen (secondary N) is 1. The summed E-state index contributed by atoms with van der Waals surface area (Å²) in [5, 5.41) is 7.56. The number of nitrogens with zero attached hydrogens (tertiary/aromatic N) is 1. The summed E-state index contributed by atoms with van der Waals surface area (Å²) in [6.45, 7) is 5.27. The summed E-state index contributed by atoms with van der Waals surface area (Å²) in [5.74, 6) is 1.88. The van der Waals surface area contributed by atoms with Crippen LogP contribution in [0.15, 0.2) is 10.6 Å². The molecule has 3 heteroatoms. The monoisotopic (exact) mass is 222 g/mol. The van der Waals surface area contributed by atoms with Crippen LogP contribution in [0.25, 0.3) is 0 Å². The Morgan fingerprint density at radius 1 is 1.38 bits per heavy atom. The van der Waals surface area contributed by atoms with Gasteiger partial charge >= 0.3 is 0 Å². The topological polar surface area (TPSA) is 38.1 Å². The summed E-state index contributed by atoms with van der Waals surface area (Å²) in [6.07, 6.45) is 6.26. The van der Waals surface area contributed by atoms with Gasteiger partial charge in [0.05, 0.1) is 12.2 Å². The fraction of sp³-hybridized carbons (Fsp3) is 0.769. The molecule has 1 saturated carbocycles. The lowest BCUT2D eigenvalue weighted by atomic mass is 9.87. The summed E-state index contributed by atoms with van der Waals surface area (Å²) in [5.41, 5.74) is 1.05. The second kappa shape index (κ2) is 5.48. The number of aryl methyl sites for hydroxylation is 1. The lowest BCUT2D eigenvalue weighted by Crippen LogP contribution is -2.32. The number of rotatable bonds is 4. The van der Waals surface area contributed by atoms with Gasteiger partial charge in [-0.3, -0.25) is 0 Å². The van der Waals surface area contributed by atoms with Crippen LogP contribution in [0, 0.1) is 5.92 Å². The minimum absolute atomic E-state index is 0.673. The maximum atomic E-state index is 5.26. The van der Waals surface area contributed by atoms with Crippen molar-refractivity contribution in [3.8, 4) is 0 Å². The van der Waals surface area contributed by atoms with Gasteiger partial charge in [-0.15, -0.1) is 0 Å². The average Bonchev–Trinajstić information content (AvgIpc) is 2.76. The van der Waals surface area contributed by atoms with Crippen molar-refractivity contribution >= 4 is 0 Å². The van der Waals surface area contributed by atoms with Crippen molar-refractivity contribution in [1.82, 2.24) is 10.5 Å². The summed E-state index contributed by atoms with van der Waals surface area (Å²) in [4.78, 5) is 0. The Morgan fingerprint density at radius 2 is 2.12 bits per heavy atom. The predicted octanol–water partition coefficient (Wildman–Crippen LogP) is 2.91. The number of hydrogen-bond acceptors (Lipinski definition) is 3. The van der Waals surface area contributed by atoms with Crippen LogP contribution in [0.3, 0.4) is 0 Å². The molecule has 90 valence electrons. The zero-order valence-corrected chi connectivity index (χ0v) is 10.3. The molecule has 1 aliphatic rings. The maximum Gasteiger partial charge on any atom is 0.150 e. The third-order valence-electron chi connectivity index (χ3n) is 3.55. The van der Waals surface area contributed by atoms with Crippen LogP contribution in [0.5, 0.6) is 0 Å². The first-order valence-electron chi connectivity index (χ1n) is 6.45. The molecular formula is C13H22N2O. The highest BCUT2D eigenvalue weighted by Crippen LogP contribution is 2.23. The first-order valence-corrected chi connectivity index (χ1v) is 6.45. The van der Waals surface area contributed by atoms with Gasteiger partial charge in [0.25, 0.3) is 0 Å². The van der Waals surface area contributed by atoms with Crippen molar-refractivity contribution in [2.24, 2.45) is 5.92 Å². The lowest BCUT2D eigenvalue weighted by molar-refractivity contribution is 0.292. The van der Waals surface area contributed by atoms with Crippen LogP contribution in [0.4, 0.5) is 0 Å². The Bertz CT molecular complexity index is 313. The van der Waals surface area contributed by atoms with E-state index in [1.54, 1.807) is 0 Å². The van der Waals surface area contributed by atoms with Crippen LogP contribution in [-0.4, -0.2) is 11.2 Å². The van der Waals surface area contributed by atoms with Crippen LogP contribution in [0.2, 0.25) is 0 Å². The summed E-state index contributed by atoms with van der Waals surface area (Å²) >= 11 is 0. The van der Waals surface area contributed by atoms with Crippen molar-refractivity contribution in [3.05, 3.63) is 17.5 Å². The second-order valence-electron chi connectivity index (χ2n) is 4.98. The van der Waals surface area contributed by atoms with E-state index >= 15 is 0 Å². The molecule has 16 heavy (non-hydrogen) atoms. The minimum Gasteiger partial charge on any atom is -0.360 e. The highest BCUT2D eigenvalue weighted by atomic mass is 16.5. The molecule has 0 amide bonds. The first-order chi connectivity index (χ1) is 7.78. The van der Waals surface area contributed by atoms with Gasteiger partial charge in [-0.2, -0.15) is 0 Å². The SMILES string of the molecule is CCc1cc(CNC2CCC(C)CC2)on1. The maximum absolute atomic E-state index is 5.26. The lowest BCUT2D eigenvalue weighted by Gasteiger charge is -2.26. The quantitative estimate of drug-likeness (QED) is 0.851. The molecule has 0 unspecified atom stereocenters. The molecule has 0 atom stereocenters. The molecule has 1 heterocycles. The van der Waals surface area contributed by atoms with E-state index in [4.69, 9.17) is 4.52 Å².